The average molecular weight is 282 g/mol. The van der Waals surface area contributed by atoms with Gasteiger partial charge in [-0.1, -0.05) is 13.3 Å². The number of benzene rings is 1. The molecule has 1 aromatic rings. The number of nitrogens with one attached hydrogen (secondary N) is 1. The fourth-order valence-corrected chi connectivity index (χ4v) is 3.01. The van der Waals surface area contributed by atoms with Crippen LogP contribution in [0.1, 0.15) is 37.8 Å². The van der Waals surface area contributed by atoms with Crippen LogP contribution in [-0.4, -0.2) is 31.6 Å². The van der Waals surface area contributed by atoms with Gasteiger partial charge in [0.1, 0.15) is 11.6 Å². The zero-order valence-corrected chi connectivity index (χ0v) is 12.3. The van der Waals surface area contributed by atoms with Gasteiger partial charge in [0.2, 0.25) is 0 Å². The first kappa shape index (κ1) is 15.4. The van der Waals surface area contributed by atoms with Crippen LogP contribution in [-0.2, 0) is 0 Å². The summed E-state index contributed by atoms with van der Waals surface area (Å²) in [6.07, 6.45) is 3.38. The molecule has 1 N–H and O–H groups in total. The maximum absolute atomic E-state index is 13.3. The van der Waals surface area contributed by atoms with Crippen LogP contribution in [0.15, 0.2) is 18.2 Å². The number of hydrogen-bond acceptors (Lipinski definition) is 2. The molecule has 4 heteroatoms. The average Bonchev–Trinajstić information content (AvgIpc) is 2.86. The van der Waals surface area contributed by atoms with Gasteiger partial charge in [-0.25, -0.2) is 8.78 Å². The minimum Gasteiger partial charge on any atom is -0.313 e. The van der Waals surface area contributed by atoms with Crippen LogP contribution >= 0.6 is 0 Å². The smallest absolute Gasteiger partial charge is 0.126 e. The number of nitrogens with zero attached hydrogens (tertiary/aromatic N) is 1. The molecule has 2 unspecified atom stereocenters. The van der Waals surface area contributed by atoms with E-state index in [9.17, 15) is 8.78 Å². The van der Waals surface area contributed by atoms with E-state index in [1.165, 1.54) is 25.0 Å². The number of likely N-dealkylation sites (tertiary alicyclic amines) is 1. The summed E-state index contributed by atoms with van der Waals surface area (Å²) in [5, 5.41) is 3.16. The first-order valence-corrected chi connectivity index (χ1v) is 7.48. The molecule has 1 aliphatic heterocycles. The van der Waals surface area contributed by atoms with Crippen molar-refractivity contribution in [1.29, 1.82) is 0 Å². The van der Waals surface area contributed by atoms with Crippen LogP contribution in [0.5, 0.6) is 0 Å². The first-order chi connectivity index (χ1) is 9.62. The monoisotopic (exact) mass is 282 g/mol. The van der Waals surface area contributed by atoms with Crippen LogP contribution in [0.25, 0.3) is 0 Å². The van der Waals surface area contributed by atoms with Crippen LogP contribution in [0.4, 0.5) is 8.78 Å². The van der Waals surface area contributed by atoms with E-state index >= 15 is 0 Å². The molecule has 112 valence electrons. The molecule has 20 heavy (non-hydrogen) atoms. The summed E-state index contributed by atoms with van der Waals surface area (Å²) in [5.74, 6) is -0.199. The molecule has 1 aromatic carbocycles. The lowest BCUT2D eigenvalue weighted by Gasteiger charge is -2.21. The normalized spacial score (nSPS) is 21.3. The highest BCUT2D eigenvalue weighted by Gasteiger charge is 2.21. The Bertz CT molecular complexity index is 416. The van der Waals surface area contributed by atoms with Crippen molar-refractivity contribution in [2.45, 2.75) is 32.2 Å². The SMILES string of the molecule is CCC1CCN(CCC(NC)c2cc(F)cc(F)c2)C1. The summed E-state index contributed by atoms with van der Waals surface area (Å²) in [5.41, 5.74) is 0.691. The minimum absolute atomic E-state index is 0.000812. The van der Waals surface area contributed by atoms with E-state index in [0.717, 1.165) is 38.0 Å². The third-order valence-electron chi connectivity index (χ3n) is 4.32. The minimum atomic E-state index is -0.507. The lowest BCUT2D eigenvalue weighted by Crippen LogP contribution is -2.27. The molecule has 0 radical (unpaired) electrons. The van der Waals surface area contributed by atoms with Gasteiger partial charge < -0.3 is 10.2 Å². The number of rotatable bonds is 6. The number of hydrogen-bond donors (Lipinski definition) is 1. The molecule has 2 nitrogen and oxygen atoms in total. The lowest BCUT2D eigenvalue weighted by molar-refractivity contribution is 0.301. The third kappa shape index (κ3) is 4.00. The van der Waals surface area contributed by atoms with Crippen LogP contribution < -0.4 is 5.32 Å². The van der Waals surface area contributed by atoms with Crippen molar-refractivity contribution in [2.24, 2.45) is 5.92 Å². The zero-order chi connectivity index (χ0) is 14.5. The second-order valence-electron chi connectivity index (χ2n) is 5.70. The van der Waals surface area contributed by atoms with Crippen molar-refractivity contribution >= 4 is 0 Å². The van der Waals surface area contributed by atoms with E-state index in [-0.39, 0.29) is 6.04 Å². The van der Waals surface area contributed by atoms with Gasteiger partial charge in [0, 0.05) is 18.7 Å². The summed E-state index contributed by atoms with van der Waals surface area (Å²) in [4.78, 5) is 2.45. The van der Waals surface area contributed by atoms with Crippen molar-refractivity contribution in [3.63, 3.8) is 0 Å². The van der Waals surface area contributed by atoms with Crippen molar-refractivity contribution in [3.05, 3.63) is 35.4 Å². The van der Waals surface area contributed by atoms with Crippen molar-refractivity contribution in [1.82, 2.24) is 10.2 Å². The Hall–Kier alpha value is -1.00. The molecule has 1 aliphatic rings. The predicted molar refractivity (Wildman–Crippen MR) is 77.6 cm³/mol. The molecule has 0 aliphatic carbocycles. The van der Waals surface area contributed by atoms with Crippen LogP contribution in [0, 0.1) is 17.6 Å². The van der Waals surface area contributed by atoms with Gasteiger partial charge in [-0.3, -0.25) is 0 Å². The Balaban J connectivity index is 1.92. The van der Waals surface area contributed by atoms with E-state index in [0.29, 0.717) is 5.56 Å². The Morgan fingerprint density at radius 2 is 2.00 bits per heavy atom. The molecule has 0 aromatic heterocycles. The van der Waals surface area contributed by atoms with E-state index in [4.69, 9.17) is 0 Å². The van der Waals surface area contributed by atoms with Gasteiger partial charge in [0.05, 0.1) is 0 Å². The maximum atomic E-state index is 13.3. The summed E-state index contributed by atoms with van der Waals surface area (Å²) in [6, 6.07) is 3.76. The summed E-state index contributed by atoms with van der Waals surface area (Å²) in [6.45, 7) is 5.51. The Kier molecular flexibility index (Phi) is 5.49. The highest BCUT2D eigenvalue weighted by molar-refractivity contribution is 5.21. The molecule has 0 bridgehead atoms. The van der Waals surface area contributed by atoms with Gasteiger partial charge >= 0.3 is 0 Å². The maximum Gasteiger partial charge on any atom is 0.126 e. The lowest BCUT2D eigenvalue weighted by atomic mass is 10.0. The van der Waals surface area contributed by atoms with Gasteiger partial charge in [0.15, 0.2) is 0 Å². The van der Waals surface area contributed by atoms with Crippen molar-refractivity contribution in [3.8, 4) is 0 Å². The zero-order valence-electron chi connectivity index (χ0n) is 12.3. The van der Waals surface area contributed by atoms with Gasteiger partial charge in [0.25, 0.3) is 0 Å². The molecule has 2 rings (SSSR count). The molecule has 0 saturated carbocycles. The van der Waals surface area contributed by atoms with E-state index in [1.54, 1.807) is 0 Å². The first-order valence-electron chi connectivity index (χ1n) is 7.48. The van der Waals surface area contributed by atoms with E-state index in [2.05, 4.69) is 17.1 Å². The highest BCUT2D eigenvalue weighted by atomic mass is 19.1. The van der Waals surface area contributed by atoms with Crippen molar-refractivity contribution < 1.29 is 8.78 Å². The molecule has 2 atom stereocenters. The van der Waals surface area contributed by atoms with Gasteiger partial charge in [-0.15, -0.1) is 0 Å². The van der Waals surface area contributed by atoms with Crippen LogP contribution in [0.3, 0.4) is 0 Å². The van der Waals surface area contributed by atoms with E-state index in [1.807, 2.05) is 7.05 Å². The summed E-state index contributed by atoms with van der Waals surface area (Å²) < 4.78 is 26.6. The largest absolute Gasteiger partial charge is 0.313 e. The molecule has 1 heterocycles. The number of halogens is 2. The molecule has 0 amide bonds. The fraction of sp³-hybridized carbons (Fsp3) is 0.625. The quantitative estimate of drug-likeness (QED) is 0.861. The topological polar surface area (TPSA) is 15.3 Å². The van der Waals surface area contributed by atoms with Gasteiger partial charge in [-0.05, 0) is 56.6 Å². The molecular formula is C16H24F2N2. The van der Waals surface area contributed by atoms with Crippen molar-refractivity contribution in [2.75, 3.05) is 26.7 Å². The Morgan fingerprint density at radius 1 is 1.30 bits per heavy atom. The third-order valence-corrected chi connectivity index (χ3v) is 4.32. The van der Waals surface area contributed by atoms with Gasteiger partial charge in [-0.2, -0.15) is 0 Å². The molecule has 1 fully saturated rings. The molecular weight excluding hydrogens is 258 g/mol. The fourth-order valence-electron chi connectivity index (χ4n) is 3.01. The highest BCUT2D eigenvalue weighted by Crippen LogP contribution is 2.23. The van der Waals surface area contributed by atoms with Crippen LogP contribution in [0.2, 0.25) is 0 Å². The molecule has 0 spiro atoms. The Labute approximate surface area is 120 Å². The standard InChI is InChI=1S/C16H24F2N2/c1-3-12-4-6-20(11-12)7-5-16(19-2)13-8-14(17)10-15(18)9-13/h8-10,12,16,19H,3-7,11H2,1-2H3. The second kappa shape index (κ2) is 7.14. The summed E-state index contributed by atoms with van der Waals surface area (Å²) in [7, 11) is 1.84. The Morgan fingerprint density at radius 3 is 2.55 bits per heavy atom. The second-order valence-corrected chi connectivity index (χ2v) is 5.70. The molecule has 1 saturated heterocycles. The predicted octanol–water partition coefficient (Wildman–Crippen LogP) is 3.35. The summed E-state index contributed by atoms with van der Waals surface area (Å²) >= 11 is 0. The van der Waals surface area contributed by atoms with E-state index < -0.39 is 11.6 Å².